The van der Waals surface area contributed by atoms with Crippen LogP contribution in [0.4, 0.5) is 10.1 Å². The van der Waals surface area contributed by atoms with E-state index in [1.54, 1.807) is 18.0 Å². The molecule has 50 heavy (non-hydrogen) atoms. The summed E-state index contributed by atoms with van der Waals surface area (Å²) < 4.78 is 31.8. The van der Waals surface area contributed by atoms with Gasteiger partial charge in [-0.05, 0) is 91.3 Å². The van der Waals surface area contributed by atoms with Crippen LogP contribution in [0.3, 0.4) is 0 Å². The first-order chi connectivity index (χ1) is 24.1. The Morgan fingerprint density at radius 2 is 2.00 bits per heavy atom. The number of alkyl halides is 1. The molecule has 2 aliphatic carbocycles. The van der Waals surface area contributed by atoms with Crippen molar-refractivity contribution < 1.29 is 33.3 Å². The van der Waals surface area contributed by atoms with Crippen LogP contribution in [0.15, 0.2) is 48.6 Å². The Bertz CT molecular complexity index is 1620. The molecule has 3 heterocycles. The first-order valence-electron chi connectivity index (χ1n) is 18.1. The maximum absolute atomic E-state index is 13.5. The molecule has 2 aromatic carbocycles. The molecular formula is C39H49ClFN3O6. The van der Waals surface area contributed by atoms with Crippen LogP contribution in [-0.4, -0.2) is 106 Å². The van der Waals surface area contributed by atoms with Crippen molar-refractivity contribution >= 4 is 29.2 Å². The number of halogens is 2. The Balaban J connectivity index is 1.27. The van der Waals surface area contributed by atoms with Crippen LogP contribution in [0.5, 0.6) is 5.75 Å². The largest absolute Gasteiger partial charge is 0.490 e. The van der Waals surface area contributed by atoms with Gasteiger partial charge in [-0.25, -0.2) is 9.18 Å². The second kappa shape index (κ2) is 14.4. The second-order valence-electron chi connectivity index (χ2n) is 15.0. The molecule has 11 heteroatoms. The molecule has 1 N–H and O–H groups in total. The van der Waals surface area contributed by atoms with E-state index in [4.69, 9.17) is 25.8 Å². The topological polar surface area (TPSA) is 91.8 Å². The van der Waals surface area contributed by atoms with Gasteiger partial charge in [-0.2, -0.15) is 0 Å². The summed E-state index contributed by atoms with van der Waals surface area (Å²) in [6.07, 6.45) is 8.50. The van der Waals surface area contributed by atoms with E-state index < -0.39 is 24.2 Å². The molecule has 1 saturated carbocycles. The summed E-state index contributed by atoms with van der Waals surface area (Å²) in [5.41, 5.74) is 1.11. The zero-order valence-corrected chi connectivity index (χ0v) is 29.9. The minimum atomic E-state index is -2.18. The van der Waals surface area contributed by atoms with Gasteiger partial charge < -0.3 is 29.1 Å². The maximum atomic E-state index is 13.5. The van der Waals surface area contributed by atoms with Gasteiger partial charge in [0.2, 0.25) is 5.91 Å². The lowest BCUT2D eigenvalue weighted by Gasteiger charge is -2.46. The first-order valence-corrected chi connectivity index (χ1v) is 18.5. The van der Waals surface area contributed by atoms with Gasteiger partial charge in [-0.15, -0.1) is 0 Å². The minimum absolute atomic E-state index is 0.102. The third-order valence-electron chi connectivity index (χ3n) is 11.8. The maximum Gasteiger partial charge on any atom is 0.343 e. The highest BCUT2D eigenvalue weighted by atomic mass is 35.5. The highest BCUT2D eigenvalue weighted by Crippen LogP contribution is 2.48. The molecule has 0 radical (unpaired) electrons. The number of hydrogen-bond acceptors (Lipinski definition) is 8. The third-order valence-corrected chi connectivity index (χ3v) is 12.0. The van der Waals surface area contributed by atoms with Crippen molar-refractivity contribution in [2.75, 3.05) is 71.5 Å². The number of carbonyl (C=O) groups excluding carboxylic acids is 2. The molecule has 2 fully saturated rings. The Labute approximate surface area is 299 Å². The quantitative estimate of drug-likeness (QED) is 0.341. The van der Waals surface area contributed by atoms with E-state index >= 15 is 0 Å². The number of methoxy groups -OCH3 is 1. The number of nitrogens with zero attached hydrogens (tertiary/aromatic N) is 3. The average molecular weight is 710 g/mol. The standard InChI is InChI=1S/C39H49ClFN3O6/c1-42-15-4-3-7-34(49-17-16-43-22-30(41)23-43)31-11-8-27(31)21-44-24-38(14-5-6-26-18-29(40)10-12-32(26)38)25-50-35-13-9-28(19-33(35)44)39(47,20-36(42)45)37(46)48-2/h3,7,9-10,12-13,18-19,27,30-31,34,47H,4-6,8,11,14-17,20-25H2,1-2H3/b7-3-/t27-,31+,34-,38-,39+/m0/s1. The zero-order valence-electron chi connectivity index (χ0n) is 29.1. The van der Waals surface area contributed by atoms with E-state index in [-0.39, 0.29) is 23.3 Å². The van der Waals surface area contributed by atoms with Crippen molar-refractivity contribution in [2.45, 2.75) is 68.2 Å². The summed E-state index contributed by atoms with van der Waals surface area (Å²) in [5.74, 6) is 0.0221. The van der Waals surface area contributed by atoms with Crippen molar-refractivity contribution in [3.63, 3.8) is 0 Å². The fourth-order valence-electron chi connectivity index (χ4n) is 8.68. The molecule has 1 spiro atoms. The minimum Gasteiger partial charge on any atom is -0.490 e. The number of carbonyl (C=O) groups is 2. The number of benzene rings is 2. The van der Waals surface area contributed by atoms with Crippen LogP contribution in [0.25, 0.3) is 0 Å². The Morgan fingerprint density at radius 3 is 2.76 bits per heavy atom. The number of rotatable bonds is 5. The van der Waals surface area contributed by atoms with Crippen LogP contribution in [0.1, 0.15) is 55.2 Å². The molecule has 0 aromatic heterocycles. The fourth-order valence-corrected chi connectivity index (χ4v) is 8.87. The monoisotopic (exact) mass is 709 g/mol. The highest BCUT2D eigenvalue weighted by Gasteiger charge is 2.47. The van der Waals surface area contributed by atoms with Crippen LogP contribution < -0.4 is 9.64 Å². The number of fused-ring (bicyclic) bond motifs is 4. The zero-order chi connectivity index (χ0) is 35.0. The summed E-state index contributed by atoms with van der Waals surface area (Å²) in [6, 6.07) is 11.5. The van der Waals surface area contributed by atoms with Gasteiger partial charge in [0.05, 0.1) is 38.5 Å². The van der Waals surface area contributed by atoms with Gasteiger partial charge in [-0.3, -0.25) is 9.69 Å². The summed E-state index contributed by atoms with van der Waals surface area (Å²) in [7, 11) is 2.91. The normalized spacial score (nSPS) is 31.1. The van der Waals surface area contributed by atoms with Crippen LogP contribution in [0, 0.1) is 11.8 Å². The van der Waals surface area contributed by atoms with Crippen molar-refractivity contribution in [3.05, 3.63) is 70.3 Å². The van der Waals surface area contributed by atoms with Gasteiger partial charge >= 0.3 is 5.97 Å². The van der Waals surface area contributed by atoms with Gasteiger partial charge in [0.25, 0.3) is 0 Å². The number of esters is 1. The SMILES string of the molecule is COC(=O)[C@@]1(O)CC(=O)N(C)CC/C=C\[C@H](OCCN2CC(F)C2)[C@@H]2CC[C@H]2CN2C[C@@]3(CCCc4cc(Cl)ccc43)COc3ccc1cc32. The Kier molecular flexibility index (Phi) is 10.2. The molecule has 0 unspecified atom stereocenters. The lowest BCUT2D eigenvalue weighted by molar-refractivity contribution is -0.168. The van der Waals surface area contributed by atoms with Gasteiger partial charge in [0.1, 0.15) is 11.9 Å². The molecule has 5 aliphatic rings. The molecule has 2 aromatic rings. The molecule has 7 rings (SSSR count). The predicted octanol–water partition coefficient (Wildman–Crippen LogP) is 5.05. The summed E-state index contributed by atoms with van der Waals surface area (Å²) in [6.45, 7) is 4.48. The van der Waals surface area contributed by atoms with Gasteiger partial charge in [0, 0.05) is 56.8 Å². The van der Waals surface area contributed by atoms with Crippen LogP contribution in [-0.2, 0) is 36.5 Å². The van der Waals surface area contributed by atoms with Crippen molar-refractivity contribution in [3.8, 4) is 5.75 Å². The van der Waals surface area contributed by atoms with Crippen LogP contribution in [0.2, 0.25) is 5.02 Å². The second-order valence-corrected chi connectivity index (χ2v) is 15.5. The number of aliphatic hydroxyl groups is 1. The predicted molar refractivity (Wildman–Crippen MR) is 189 cm³/mol. The van der Waals surface area contributed by atoms with Crippen molar-refractivity contribution in [1.82, 2.24) is 9.80 Å². The average Bonchev–Trinajstić information content (AvgIpc) is 3.23. The smallest absolute Gasteiger partial charge is 0.343 e. The number of hydrogen-bond donors (Lipinski definition) is 1. The van der Waals surface area contributed by atoms with E-state index in [9.17, 15) is 19.1 Å². The Morgan fingerprint density at radius 1 is 1.16 bits per heavy atom. The summed E-state index contributed by atoms with van der Waals surface area (Å²) in [4.78, 5) is 32.8. The molecule has 3 aliphatic heterocycles. The van der Waals surface area contributed by atoms with E-state index in [0.29, 0.717) is 69.6 Å². The molecule has 1 saturated heterocycles. The third kappa shape index (κ3) is 6.88. The van der Waals surface area contributed by atoms with E-state index in [0.717, 1.165) is 49.4 Å². The van der Waals surface area contributed by atoms with Gasteiger partial charge in [-0.1, -0.05) is 35.9 Å². The number of amides is 1. The summed E-state index contributed by atoms with van der Waals surface area (Å²) >= 11 is 6.47. The molecular weight excluding hydrogens is 661 g/mol. The lowest BCUT2D eigenvalue weighted by Crippen LogP contribution is -2.51. The van der Waals surface area contributed by atoms with E-state index in [1.165, 1.54) is 18.2 Å². The number of ether oxygens (including phenoxy) is 3. The van der Waals surface area contributed by atoms with Crippen molar-refractivity contribution in [2.24, 2.45) is 11.8 Å². The number of aryl methyl sites for hydroxylation is 1. The molecule has 270 valence electrons. The van der Waals surface area contributed by atoms with Crippen LogP contribution >= 0.6 is 11.6 Å². The van der Waals surface area contributed by atoms with Gasteiger partial charge in [0.15, 0.2) is 5.60 Å². The fraction of sp³-hybridized carbons (Fsp3) is 0.590. The molecule has 9 nitrogen and oxygen atoms in total. The van der Waals surface area contributed by atoms with E-state index in [1.807, 2.05) is 18.2 Å². The van der Waals surface area contributed by atoms with E-state index in [2.05, 4.69) is 34.1 Å². The highest BCUT2D eigenvalue weighted by molar-refractivity contribution is 6.30. The van der Waals surface area contributed by atoms with Crippen molar-refractivity contribution in [1.29, 1.82) is 0 Å². The molecule has 2 bridgehead atoms. The number of anilines is 1. The number of likely N-dealkylation sites (tertiary alicyclic amines) is 1. The molecule has 1 amide bonds. The first kappa shape index (κ1) is 35.2. The lowest BCUT2D eigenvalue weighted by atomic mass is 9.68. The molecule has 5 atom stereocenters. The Hall–Kier alpha value is -3.18. The summed E-state index contributed by atoms with van der Waals surface area (Å²) in [5, 5.41) is 12.7.